The van der Waals surface area contributed by atoms with Crippen LogP contribution in [0.2, 0.25) is 0 Å². The smallest absolute Gasteiger partial charge is 0.223 e. The highest BCUT2D eigenvalue weighted by atomic mass is 16.2. The summed E-state index contributed by atoms with van der Waals surface area (Å²) in [4.78, 5) is 18.0. The summed E-state index contributed by atoms with van der Waals surface area (Å²) in [6, 6.07) is 10.6. The minimum Gasteiger partial charge on any atom is -0.357 e. The molecular weight excluding hydrogens is 288 g/mol. The number of nitrogens with one attached hydrogen (secondary N) is 2. The summed E-state index contributed by atoms with van der Waals surface area (Å²) in [5, 5.41) is 6.50. The molecule has 126 valence electrons. The van der Waals surface area contributed by atoms with E-state index in [4.69, 9.17) is 4.99 Å². The van der Waals surface area contributed by atoms with Gasteiger partial charge in [-0.25, -0.2) is 0 Å². The Morgan fingerprint density at radius 3 is 2.48 bits per heavy atom. The standard InChI is InChI=1S/C18H28N4O/c1-4-19-17(20-13-10-16(23)22(2)3)21-14-18(11-12-18)15-8-6-5-7-9-15/h5-9H,4,10-14H2,1-3H3,(H2,19,20,21). The molecule has 0 bridgehead atoms. The van der Waals surface area contributed by atoms with Crippen molar-refractivity contribution in [3.05, 3.63) is 35.9 Å². The highest BCUT2D eigenvalue weighted by molar-refractivity contribution is 5.81. The van der Waals surface area contributed by atoms with Gasteiger partial charge < -0.3 is 15.5 Å². The van der Waals surface area contributed by atoms with E-state index < -0.39 is 0 Å². The molecule has 1 saturated carbocycles. The van der Waals surface area contributed by atoms with Crippen molar-refractivity contribution in [2.45, 2.75) is 31.6 Å². The second-order valence-corrected chi connectivity index (χ2v) is 6.31. The molecule has 1 aromatic carbocycles. The molecule has 0 atom stereocenters. The molecule has 5 heteroatoms. The van der Waals surface area contributed by atoms with Gasteiger partial charge in [-0.1, -0.05) is 30.3 Å². The van der Waals surface area contributed by atoms with Crippen LogP contribution in [0.4, 0.5) is 0 Å². The number of carbonyl (C=O) groups is 1. The summed E-state index contributed by atoms with van der Waals surface area (Å²) in [5.41, 5.74) is 1.59. The van der Waals surface area contributed by atoms with Crippen LogP contribution < -0.4 is 10.6 Å². The predicted octanol–water partition coefficient (Wildman–Crippen LogP) is 1.75. The topological polar surface area (TPSA) is 56.7 Å². The van der Waals surface area contributed by atoms with Gasteiger partial charge >= 0.3 is 0 Å². The van der Waals surface area contributed by atoms with E-state index in [2.05, 4.69) is 41.0 Å². The maximum Gasteiger partial charge on any atom is 0.223 e. The Balaban J connectivity index is 1.90. The molecule has 0 heterocycles. The Kier molecular flexibility index (Phi) is 6.02. The largest absolute Gasteiger partial charge is 0.357 e. The van der Waals surface area contributed by atoms with E-state index in [1.54, 1.807) is 19.0 Å². The van der Waals surface area contributed by atoms with Gasteiger partial charge in [0.25, 0.3) is 0 Å². The van der Waals surface area contributed by atoms with Crippen LogP contribution >= 0.6 is 0 Å². The molecule has 1 aliphatic rings. The van der Waals surface area contributed by atoms with Crippen molar-refractivity contribution in [2.24, 2.45) is 4.99 Å². The van der Waals surface area contributed by atoms with Gasteiger partial charge in [0.2, 0.25) is 5.91 Å². The molecule has 1 aliphatic carbocycles. The summed E-state index contributed by atoms with van der Waals surface area (Å²) in [5.74, 6) is 0.914. The first kappa shape index (κ1) is 17.3. The molecule has 0 saturated heterocycles. The van der Waals surface area contributed by atoms with E-state index in [9.17, 15) is 4.79 Å². The molecule has 1 fully saturated rings. The van der Waals surface area contributed by atoms with Crippen molar-refractivity contribution in [1.29, 1.82) is 0 Å². The van der Waals surface area contributed by atoms with Gasteiger partial charge in [0.1, 0.15) is 0 Å². The first-order valence-electron chi connectivity index (χ1n) is 8.35. The zero-order chi connectivity index (χ0) is 16.7. The molecule has 0 spiro atoms. The van der Waals surface area contributed by atoms with Gasteiger partial charge in [-0.15, -0.1) is 0 Å². The Morgan fingerprint density at radius 2 is 1.91 bits per heavy atom. The normalized spacial score (nSPS) is 15.9. The monoisotopic (exact) mass is 316 g/mol. The Labute approximate surface area is 139 Å². The van der Waals surface area contributed by atoms with E-state index in [1.165, 1.54) is 18.4 Å². The van der Waals surface area contributed by atoms with Gasteiger partial charge in [0.05, 0.1) is 6.54 Å². The summed E-state index contributed by atoms with van der Waals surface area (Å²) < 4.78 is 0. The molecule has 23 heavy (non-hydrogen) atoms. The molecule has 0 aliphatic heterocycles. The first-order valence-corrected chi connectivity index (χ1v) is 8.35. The fourth-order valence-corrected chi connectivity index (χ4v) is 2.56. The molecule has 2 rings (SSSR count). The molecule has 0 unspecified atom stereocenters. The zero-order valence-corrected chi connectivity index (χ0v) is 14.4. The summed E-state index contributed by atoms with van der Waals surface area (Å²) in [7, 11) is 3.55. The van der Waals surface area contributed by atoms with Crippen molar-refractivity contribution in [1.82, 2.24) is 15.5 Å². The molecule has 1 aromatic rings. The fourth-order valence-electron chi connectivity index (χ4n) is 2.56. The van der Waals surface area contributed by atoms with E-state index in [1.807, 2.05) is 6.92 Å². The van der Waals surface area contributed by atoms with Crippen LogP contribution in [0.3, 0.4) is 0 Å². The minimum absolute atomic E-state index is 0.122. The van der Waals surface area contributed by atoms with Crippen LogP contribution in [-0.2, 0) is 10.2 Å². The third-order valence-corrected chi connectivity index (χ3v) is 4.25. The lowest BCUT2D eigenvalue weighted by molar-refractivity contribution is -0.128. The highest BCUT2D eigenvalue weighted by Gasteiger charge is 2.43. The number of rotatable bonds is 7. The maximum absolute atomic E-state index is 11.6. The molecule has 1 amide bonds. The van der Waals surface area contributed by atoms with E-state index in [0.29, 0.717) is 13.0 Å². The lowest BCUT2D eigenvalue weighted by Gasteiger charge is -2.16. The molecule has 0 radical (unpaired) electrons. The van der Waals surface area contributed by atoms with Crippen molar-refractivity contribution in [3.63, 3.8) is 0 Å². The zero-order valence-electron chi connectivity index (χ0n) is 14.4. The number of amides is 1. The number of hydrogen-bond donors (Lipinski definition) is 2. The van der Waals surface area contributed by atoms with Crippen LogP contribution in [0, 0.1) is 0 Å². The predicted molar refractivity (Wildman–Crippen MR) is 94.6 cm³/mol. The number of nitrogens with zero attached hydrogens (tertiary/aromatic N) is 2. The molecule has 0 aromatic heterocycles. The summed E-state index contributed by atoms with van der Waals surface area (Å²) in [6.45, 7) is 4.24. The molecular formula is C18H28N4O. The summed E-state index contributed by atoms with van der Waals surface area (Å²) in [6.07, 6.45) is 2.86. The third-order valence-electron chi connectivity index (χ3n) is 4.25. The molecule has 5 nitrogen and oxygen atoms in total. The average Bonchev–Trinajstić information content (AvgIpc) is 3.34. The lowest BCUT2D eigenvalue weighted by Crippen LogP contribution is -2.39. The van der Waals surface area contributed by atoms with Gasteiger partial charge in [-0.3, -0.25) is 9.79 Å². The van der Waals surface area contributed by atoms with Crippen LogP contribution in [0.15, 0.2) is 35.3 Å². The lowest BCUT2D eigenvalue weighted by atomic mass is 9.96. The maximum atomic E-state index is 11.6. The van der Waals surface area contributed by atoms with Gasteiger partial charge in [0.15, 0.2) is 5.96 Å². The Hall–Kier alpha value is -2.04. The quantitative estimate of drug-likeness (QED) is 0.595. The highest BCUT2D eigenvalue weighted by Crippen LogP contribution is 2.48. The van der Waals surface area contributed by atoms with Crippen molar-refractivity contribution in [2.75, 3.05) is 33.7 Å². The van der Waals surface area contributed by atoms with Crippen molar-refractivity contribution in [3.8, 4) is 0 Å². The van der Waals surface area contributed by atoms with Crippen molar-refractivity contribution >= 4 is 11.9 Å². The number of guanidine groups is 1. The number of hydrogen-bond acceptors (Lipinski definition) is 2. The number of aliphatic imine (C=N–C) groups is 1. The second-order valence-electron chi connectivity index (χ2n) is 6.31. The SMILES string of the molecule is CCNC(=NCC1(c2ccccc2)CC1)NCCC(=O)N(C)C. The van der Waals surface area contributed by atoms with Gasteiger partial charge in [-0.2, -0.15) is 0 Å². The van der Waals surface area contributed by atoms with E-state index in [0.717, 1.165) is 19.0 Å². The minimum atomic E-state index is 0.122. The third kappa shape index (κ3) is 4.98. The average molecular weight is 316 g/mol. The van der Waals surface area contributed by atoms with Crippen LogP contribution in [0.5, 0.6) is 0 Å². The fraction of sp³-hybridized carbons (Fsp3) is 0.556. The van der Waals surface area contributed by atoms with Crippen LogP contribution in [0.25, 0.3) is 0 Å². The number of benzene rings is 1. The van der Waals surface area contributed by atoms with E-state index in [-0.39, 0.29) is 11.3 Å². The van der Waals surface area contributed by atoms with Gasteiger partial charge in [-0.05, 0) is 25.3 Å². The molecule has 2 N–H and O–H groups in total. The Morgan fingerprint density at radius 1 is 1.22 bits per heavy atom. The van der Waals surface area contributed by atoms with Crippen LogP contribution in [-0.4, -0.2) is 50.5 Å². The van der Waals surface area contributed by atoms with Gasteiger partial charge in [0, 0.05) is 39.0 Å². The Bertz CT molecular complexity index is 535. The second kappa shape index (κ2) is 7.99. The summed E-state index contributed by atoms with van der Waals surface area (Å²) >= 11 is 0. The van der Waals surface area contributed by atoms with E-state index >= 15 is 0 Å². The van der Waals surface area contributed by atoms with Crippen molar-refractivity contribution < 1.29 is 4.79 Å². The first-order chi connectivity index (χ1) is 11.1. The number of carbonyl (C=O) groups excluding carboxylic acids is 1. The van der Waals surface area contributed by atoms with Crippen LogP contribution in [0.1, 0.15) is 31.7 Å².